The lowest BCUT2D eigenvalue weighted by molar-refractivity contribution is 0.0948. The number of rotatable bonds is 6. The van der Waals surface area contributed by atoms with Crippen LogP contribution in [0.5, 0.6) is 0 Å². The maximum absolute atomic E-state index is 11.6. The molecule has 0 saturated heterocycles. The molecule has 0 fully saturated rings. The highest BCUT2D eigenvalue weighted by molar-refractivity contribution is 7.98. The summed E-state index contributed by atoms with van der Waals surface area (Å²) in [5, 5.41) is 3.35. The third-order valence-corrected chi connectivity index (χ3v) is 2.95. The second kappa shape index (κ2) is 7.52. The van der Waals surface area contributed by atoms with Crippen molar-refractivity contribution in [2.45, 2.75) is 12.8 Å². The van der Waals surface area contributed by atoms with Gasteiger partial charge in [0.05, 0.1) is 0 Å². The molecule has 1 heterocycles. The Morgan fingerprint density at radius 2 is 2.38 bits per heavy atom. The van der Waals surface area contributed by atoms with Gasteiger partial charge in [0.1, 0.15) is 5.69 Å². The minimum Gasteiger partial charge on any atom is -0.351 e. The molecule has 88 valence electrons. The van der Waals surface area contributed by atoms with Gasteiger partial charge in [0.15, 0.2) is 0 Å². The van der Waals surface area contributed by atoms with Gasteiger partial charge in [0.25, 0.3) is 5.91 Å². The van der Waals surface area contributed by atoms with E-state index in [1.165, 1.54) is 6.20 Å². The predicted octanol–water partition coefficient (Wildman–Crippen LogP) is 2.61. The van der Waals surface area contributed by atoms with Crippen LogP contribution in [0.1, 0.15) is 23.3 Å². The first-order valence-corrected chi connectivity index (χ1v) is 6.90. The van der Waals surface area contributed by atoms with E-state index in [0.29, 0.717) is 17.3 Å². The predicted molar refractivity (Wildman–Crippen MR) is 69.2 cm³/mol. The van der Waals surface area contributed by atoms with Crippen molar-refractivity contribution >= 4 is 29.3 Å². The third kappa shape index (κ3) is 4.86. The fraction of sp³-hybridized carbons (Fsp3) is 0.455. The van der Waals surface area contributed by atoms with Crippen molar-refractivity contribution < 1.29 is 4.79 Å². The lowest BCUT2D eigenvalue weighted by Crippen LogP contribution is -2.25. The first-order valence-electron chi connectivity index (χ1n) is 5.12. The van der Waals surface area contributed by atoms with Crippen LogP contribution in [0.4, 0.5) is 0 Å². The van der Waals surface area contributed by atoms with E-state index < -0.39 is 0 Å². The number of hydrogen-bond acceptors (Lipinski definition) is 3. The molecule has 3 nitrogen and oxygen atoms in total. The first kappa shape index (κ1) is 13.3. The molecule has 5 heteroatoms. The lowest BCUT2D eigenvalue weighted by Gasteiger charge is -2.04. The number of thioether (sulfide) groups is 1. The molecule has 0 saturated carbocycles. The zero-order valence-corrected chi connectivity index (χ0v) is 10.8. The molecule has 0 aliphatic heterocycles. The van der Waals surface area contributed by atoms with E-state index in [1.807, 2.05) is 11.8 Å². The molecule has 0 aliphatic rings. The fourth-order valence-electron chi connectivity index (χ4n) is 1.19. The largest absolute Gasteiger partial charge is 0.351 e. The Hall–Kier alpha value is -0.740. The van der Waals surface area contributed by atoms with E-state index in [9.17, 15) is 4.79 Å². The number of pyridine rings is 1. The Morgan fingerprint density at radius 3 is 3.06 bits per heavy atom. The van der Waals surface area contributed by atoms with E-state index in [-0.39, 0.29) is 5.91 Å². The van der Waals surface area contributed by atoms with Gasteiger partial charge in [-0.05, 0) is 37.0 Å². The number of nitrogens with zero attached hydrogens (tertiary/aromatic N) is 1. The van der Waals surface area contributed by atoms with Crippen LogP contribution in [-0.4, -0.2) is 29.4 Å². The minimum absolute atomic E-state index is 0.161. The van der Waals surface area contributed by atoms with Crippen molar-refractivity contribution in [2.75, 3.05) is 18.6 Å². The zero-order chi connectivity index (χ0) is 11.8. The Kier molecular flexibility index (Phi) is 6.26. The summed E-state index contributed by atoms with van der Waals surface area (Å²) in [5.74, 6) is 0.970. The SMILES string of the molecule is CSCCCCNC(=O)c1cc(Cl)ccn1. The van der Waals surface area contributed by atoms with Gasteiger partial charge >= 0.3 is 0 Å². The quantitative estimate of drug-likeness (QED) is 0.798. The van der Waals surface area contributed by atoms with Crippen LogP contribution in [0.3, 0.4) is 0 Å². The number of amides is 1. The Bertz CT molecular complexity index is 347. The number of aromatic nitrogens is 1. The minimum atomic E-state index is -0.161. The molecule has 0 unspecified atom stereocenters. The van der Waals surface area contributed by atoms with Crippen LogP contribution in [0.25, 0.3) is 0 Å². The van der Waals surface area contributed by atoms with Crippen LogP contribution in [-0.2, 0) is 0 Å². The summed E-state index contributed by atoms with van der Waals surface area (Å²) in [7, 11) is 0. The van der Waals surface area contributed by atoms with E-state index in [2.05, 4.69) is 16.6 Å². The maximum Gasteiger partial charge on any atom is 0.269 e. The monoisotopic (exact) mass is 258 g/mol. The summed E-state index contributed by atoms with van der Waals surface area (Å²) in [6, 6.07) is 3.22. The highest BCUT2D eigenvalue weighted by Crippen LogP contribution is 2.07. The number of carbonyl (C=O) groups is 1. The second-order valence-corrected chi connectivity index (χ2v) is 4.74. The van der Waals surface area contributed by atoms with E-state index in [4.69, 9.17) is 11.6 Å². The van der Waals surface area contributed by atoms with E-state index in [1.54, 1.807) is 12.1 Å². The van der Waals surface area contributed by atoms with Crippen molar-refractivity contribution in [1.82, 2.24) is 10.3 Å². The summed E-state index contributed by atoms with van der Waals surface area (Å²) in [4.78, 5) is 15.5. The van der Waals surface area contributed by atoms with Crippen molar-refractivity contribution in [1.29, 1.82) is 0 Å². The molecular weight excluding hydrogens is 244 g/mol. The number of hydrogen-bond donors (Lipinski definition) is 1. The van der Waals surface area contributed by atoms with Crippen molar-refractivity contribution in [3.63, 3.8) is 0 Å². The number of halogens is 1. The molecule has 1 amide bonds. The van der Waals surface area contributed by atoms with Gasteiger partial charge in [-0.15, -0.1) is 0 Å². The van der Waals surface area contributed by atoms with E-state index >= 15 is 0 Å². The van der Waals surface area contributed by atoms with Crippen LogP contribution < -0.4 is 5.32 Å². The first-order chi connectivity index (χ1) is 7.74. The van der Waals surface area contributed by atoms with Crippen LogP contribution in [0, 0.1) is 0 Å². The summed E-state index contributed by atoms with van der Waals surface area (Å²) < 4.78 is 0. The molecule has 1 aromatic rings. The maximum atomic E-state index is 11.6. The lowest BCUT2D eigenvalue weighted by atomic mass is 10.3. The topological polar surface area (TPSA) is 42.0 Å². The molecule has 0 radical (unpaired) electrons. The molecule has 0 aromatic carbocycles. The number of nitrogens with one attached hydrogen (secondary N) is 1. The van der Waals surface area contributed by atoms with Crippen molar-refractivity contribution in [2.24, 2.45) is 0 Å². The van der Waals surface area contributed by atoms with Crippen LogP contribution in [0.15, 0.2) is 18.3 Å². The summed E-state index contributed by atoms with van der Waals surface area (Å²) >= 11 is 7.59. The number of carbonyl (C=O) groups excluding carboxylic acids is 1. The Morgan fingerprint density at radius 1 is 1.56 bits per heavy atom. The highest BCUT2D eigenvalue weighted by Gasteiger charge is 2.05. The molecule has 0 atom stereocenters. The summed E-state index contributed by atoms with van der Waals surface area (Å²) in [6.07, 6.45) is 5.72. The summed E-state index contributed by atoms with van der Waals surface area (Å²) in [5.41, 5.74) is 0.373. The van der Waals surface area contributed by atoms with E-state index in [0.717, 1.165) is 18.6 Å². The third-order valence-electron chi connectivity index (χ3n) is 2.02. The Balaban J connectivity index is 2.30. The standard InChI is InChI=1S/C11H15ClN2OS/c1-16-7-3-2-5-14-11(15)10-8-9(12)4-6-13-10/h4,6,8H,2-3,5,7H2,1H3,(H,14,15). The zero-order valence-electron chi connectivity index (χ0n) is 9.20. The Labute approximate surface area is 105 Å². The van der Waals surface area contributed by atoms with Gasteiger partial charge in [-0.25, -0.2) is 0 Å². The molecule has 0 bridgehead atoms. The van der Waals surface area contributed by atoms with Gasteiger partial charge in [0.2, 0.25) is 0 Å². The average Bonchev–Trinajstić information content (AvgIpc) is 2.28. The molecule has 1 rings (SSSR count). The van der Waals surface area contributed by atoms with Crippen molar-refractivity contribution in [3.8, 4) is 0 Å². The van der Waals surface area contributed by atoms with Crippen molar-refractivity contribution in [3.05, 3.63) is 29.0 Å². The molecule has 16 heavy (non-hydrogen) atoms. The summed E-state index contributed by atoms with van der Waals surface area (Å²) in [6.45, 7) is 0.688. The molecule has 1 aromatic heterocycles. The van der Waals surface area contributed by atoms with Crippen LogP contribution in [0.2, 0.25) is 5.02 Å². The normalized spacial score (nSPS) is 10.1. The molecule has 0 spiro atoms. The van der Waals surface area contributed by atoms with Gasteiger partial charge in [-0.2, -0.15) is 11.8 Å². The highest BCUT2D eigenvalue weighted by atomic mass is 35.5. The smallest absolute Gasteiger partial charge is 0.269 e. The average molecular weight is 259 g/mol. The fourth-order valence-corrected chi connectivity index (χ4v) is 1.85. The van der Waals surface area contributed by atoms with Gasteiger partial charge in [-0.3, -0.25) is 9.78 Å². The number of unbranched alkanes of at least 4 members (excludes halogenated alkanes) is 1. The molecule has 1 N–H and O–H groups in total. The second-order valence-electron chi connectivity index (χ2n) is 3.32. The van der Waals surface area contributed by atoms with Crippen LogP contribution >= 0.6 is 23.4 Å². The van der Waals surface area contributed by atoms with Gasteiger partial charge < -0.3 is 5.32 Å². The van der Waals surface area contributed by atoms with Gasteiger partial charge in [-0.1, -0.05) is 11.6 Å². The molecular formula is C11H15ClN2OS. The van der Waals surface area contributed by atoms with Gasteiger partial charge in [0, 0.05) is 17.8 Å². The molecule has 0 aliphatic carbocycles.